The first-order valence-corrected chi connectivity index (χ1v) is 7.93. The molecule has 1 N–H and O–H groups in total. The van der Waals surface area contributed by atoms with E-state index in [4.69, 9.17) is 0 Å². The summed E-state index contributed by atoms with van der Waals surface area (Å²) in [6.07, 6.45) is 1.38. The molecule has 0 atom stereocenters. The minimum absolute atomic E-state index is 0.0780. The van der Waals surface area contributed by atoms with Gasteiger partial charge in [0.05, 0.1) is 17.0 Å². The van der Waals surface area contributed by atoms with Crippen LogP contribution in [0.5, 0.6) is 0 Å². The number of carbonyl (C=O) groups is 1. The number of carbonyl (C=O) groups excluding carboxylic acids is 1. The summed E-state index contributed by atoms with van der Waals surface area (Å²) in [4.78, 5) is 34.8. The van der Waals surface area contributed by atoms with Gasteiger partial charge in [0.15, 0.2) is 0 Å². The van der Waals surface area contributed by atoms with E-state index in [9.17, 15) is 24.1 Å². The van der Waals surface area contributed by atoms with Crippen molar-refractivity contribution >= 4 is 17.3 Å². The summed E-state index contributed by atoms with van der Waals surface area (Å²) in [5, 5.41) is 13.5. The first-order valence-electron chi connectivity index (χ1n) is 7.93. The molecule has 0 aliphatic heterocycles. The van der Waals surface area contributed by atoms with Gasteiger partial charge in [0.2, 0.25) is 0 Å². The number of non-ortho nitro benzene ring substituents is 1. The van der Waals surface area contributed by atoms with Crippen LogP contribution in [0.2, 0.25) is 0 Å². The molecule has 27 heavy (non-hydrogen) atoms. The minimum atomic E-state index is -0.515. The van der Waals surface area contributed by atoms with Gasteiger partial charge in [0.1, 0.15) is 5.82 Å². The number of aromatic nitrogens is 1. The fraction of sp³-hybridized carbons (Fsp3) is 0.0526. The van der Waals surface area contributed by atoms with Gasteiger partial charge in [-0.15, -0.1) is 0 Å². The zero-order chi connectivity index (χ0) is 19.4. The Morgan fingerprint density at radius 2 is 1.85 bits per heavy atom. The van der Waals surface area contributed by atoms with Crippen molar-refractivity contribution in [2.24, 2.45) is 0 Å². The van der Waals surface area contributed by atoms with Gasteiger partial charge in [-0.25, -0.2) is 4.39 Å². The van der Waals surface area contributed by atoms with E-state index in [0.717, 1.165) is 0 Å². The average molecular weight is 367 g/mol. The molecule has 3 rings (SSSR count). The molecule has 0 bridgehead atoms. The molecule has 0 spiro atoms. The van der Waals surface area contributed by atoms with Crippen molar-refractivity contribution in [2.45, 2.75) is 6.54 Å². The van der Waals surface area contributed by atoms with Crippen LogP contribution in [-0.2, 0) is 6.54 Å². The highest BCUT2D eigenvalue weighted by Crippen LogP contribution is 2.14. The summed E-state index contributed by atoms with van der Waals surface area (Å²) >= 11 is 0. The van der Waals surface area contributed by atoms with Crippen LogP contribution < -0.4 is 10.9 Å². The lowest BCUT2D eigenvalue weighted by molar-refractivity contribution is -0.384. The predicted molar refractivity (Wildman–Crippen MR) is 97.3 cm³/mol. The molecule has 1 heterocycles. The van der Waals surface area contributed by atoms with Gasteiger partial charge in [-0.1, -0.05) is 12.1 Å². The number of nitrogens with one attached hydrogen (secondary N) is 1. The zero-order valence-corrected chi connectivity index (χ0v) is 14.0. The molecule has 3 aromatic rings. The van der Waals surface area contributed by atoms with Crippen molar-refractivity contribution in [3.63, 3.8) is 0 Å². The molecule has 0 fully saturated rings. The number of nitrogens with zero attached hydrogens (tertiary/aromatic N) is 2. The molecule has 0 saturated heterocycles. The lowest BCUT2D eigenvalue weighted by Gasteiger charge is -2.09. The maximum atomic E-state index is 12.9. The molecule has 2 aromatic carbocycles. The third-order valence-corrected chi connectivity index (χ3v) is 3.82. The number of benzene rings is 2. The molecule has 0 aliphatic rings. The predicted octanol–water partition coefficient (Wildman–Crippen LogP) is 3.20. The molecule has 136 valence electrons. The Morgan fingerprint density at radius 3 is 2.56 bits per heavy atom. The molecule has 1 aromatic heterocycles. The third-order valence-electron chi connectivity index (χ3n) is 3.82. The van der Waals surface area contributed by atoms with Crippen LogP contribution in [0.15, 0.2) is 71.7 Å². The Labute approximate surface area is 152 Å². The Hall–Kier alpha value is -3.81. The van der Waals surface area contributed by atoms with E-state index in [2.05, 4.69) is 5.32 Å². The number of hydrogen-bond acceptors (Lipinski definition) is 4. The smallest absolute Gasteiger partial charge is 0.269 e. The van der Waals surface area contributed by atoms with Crippen molar-refractivity contribution in [3.05, 3.63) is 104 Å². The molecule has 0 saturated carbocycles. The van der Waals surface area contributed by atoms with E-state index in [1.165, 1.54) is 65.4 Å². The largest absolute Gasteiger partial charge is 0.322 e. The van der Waals surface area contributed by atoms with E-state index in [0.29, 0.717) is 11.3 Å². The third kappa shape index (κ3) is 4.43. The Balaban J connectivity index is 1.82. The minimum Gasteiger partial charge on any atom is -0.322 e. The van der Waals surface area contributed by atoms with Crippen LogP contribution in [0.1, 0.15) is 15.9 Å². The molecule has 0 aliphatic carbocycles. The summed E-state index contributed by atoms with van der Waals surface area (Å²) in [7, 11) is 0. The second-order valence-corrected chi connectivity index (χ2v) is 5.77. The van der Waals surface area contributed by atoms with Gasteiger partial charge >= 0.3 is 0 Å². The summed E-state index contributed by atoms with van der Waals surface area (Å²) < 4.78 is 14.2. The van der Waals surface area contributed by atoms with E-state index in [1.807, 2.05) is 0 Å². The lowest BCUT2D eigenvalue weighted by Crippen LogP contribution is -2.22. The molecule has 7 nitrogen and oxygen atoms in total. The number of pyridine rings is 1. The van der Waals surface area contributed by atoms with Crippen LogP contribution in [0.3, 0.4) is 0 Å². The van der Waals surface area contributed by atoms with Gasteiger partial charge in [0.25, 0.3) is 17.2 Å². The summed E-state index contributed by atoms with van der Waals surface area (Å²) in [6.45, 7) is 0.0815. The van der Waals surface area contributed by atoms with E-state index >= 15 is 0 Å². The standard InChI is InChI=1S/C19H14FN3O4/c20-15-5-7-16(8-6-15)21-19(25)14-4-9-18(24)22(12-14)11-13-2-1-3-17(10-13)23(26)27/h1-10,12H,11H2,(H,21,25). The van der Waals surface area contributed by atoms with Crippen LogP contribution in [0.25, 0.3) is 0 Å². The molecular formula is C19H14FN3O4. The number of nitro benzene ring substituents is 1. The van der Waals surface area contributed by atoms with Crippen molar-refractivity contribution in [1.82, 2.24) is 4.57 Å². The van der Waals surface area contributed by atoms with Gasteiger partial charge in [0, 0.05) is 30.1 Å². The van der Waals surface area contributed by atoms with Crippen molar-refractivity contribution < 1.29 is 14.1 Å². The topological polar surface area (TPSA) is 94.2 Å². The molecule has 8 heteroatoms. The molecular weight excluding hydrogens is 353 g/mol. The van der Waals surface area contributed by atoms with Crippen molar-refractivity contribution in [2.75, 3.05) is 5.32 Å². The molecule has 1 amide bonds. The van der Waals surface area contributed by atoms with Gasteiger partial charge in [-0.3, -0.25) is 19.7 Å². The second kappa shape index (κ2) is 7.61. The van der Waals surface area contributed by atoms with E-state index in [1.54, 1.807) is 6.07 Å². The summed E-state index contributed by atoms with van der Waals surface area (Å²) in [6, 6.07) is 13.8. The summed E-state index contributed by atoms with van der Waals surface area (Å²) in [5.41, 5.74) is 0.773. The first kappa shape index (κ1) is 18.0. The van der Waals surface area contributed by atoms with Gasteiger partial charge in [-0.05, 0) is 35.9 Å². The maximum Gasteiger partial charge on any atom is 0.269 e. The SMILES string of the molecule is O=C(Nc1ccc(F)cc1)c1ccc(=O)n(Cc2cccc([N+](=O)[O-])c2)c1. The average Bonchev–Trinajstić information content (AvgIpc) is 2.65. The quantitative estimate of drug-likeness (QED) is 0.553. The lowest BCUT2D eigenvalue weighted by atomic mass is 10.2. The zero-order valence-electron chi connectivity index (χ0n) is 14.0. The van der Waals surface area contributed by atoms with Crippen LogP contribution in [-0.4, -0.2) is 15.4 Å². The maximum absolute atomic E-state index is 12.9. The Morgan fingerprint density at radius 1 is 1.11 bits per heavy atom. The fourth-order valence-electron chi connectivity index (χ4n) is 2.49. The molecule has 0 unspecified atom stereocenters. The van der Waals surface area contributed by atoms with Gasteiger partial charge in [-0.2, -0.15) is 0 Å². The monoisotopic (exact) mass is 367 g/mol. The number of amides is 1. The fourth-order valence-corrected chi connectivity index (χ4v) is 2.49. The highest BCUT2D eigenvalue weighted by Gasteiger charge is 2.10. The van der Waals surface area contributed by atoms with E-state index in [-0.39, 0.29) is 23.4 Å². The van der Waals surface area contributed by atoms with Crippen LogP contribution in [0.4, 0.5) is 15.8 Å². The second-order valence-electron chi connectivity index (χ2n) is 5.77. The van der Waals surface area contributed by atoms with Crippen LogP contribution >= 0.6 is 0 Å². The van der Waals surface area contributed by atoms with Gasteiger partial charge < -0.3 is 9.88 Å². The number of hydrogen-bond donors (Lipinski definition) is 1. The number of anilines is 1. The first-order chi connectivity index (χ1) is 12.9. The molecule has 0 radical (unpaired) electrons. The highest BCUT2D eigenvalue weighted by molar-refractivity contribution is 6.04. The number of rotatable bonds is 5. The Bertz CT molecular complexity index is 1060. The number of nitro groups is 1. The highest BCUT2D eigenvalue weighted by atomic mass is 19.1. The van der Waals surface area contributed by atoms with E-state index < -0.39 is 16.6 Å². The Kier molecular flexibility index (Phi) is 5.07. The number of halogens is 1. The normalized spacial score (nSPS) is 10.4. The van der Waals surface area contributed by atoms with Crippen molar-refractivity contribution in [3.8, 4) is 0 Å². The van der Waals surface area contributed by atoms with Crippen LogP contribution in [0, 0.1) is 15.9 Å². The van der Waals surface area contributed by atoms with Crippen molar-refractivity contribution in [1.29, 1.82) is 0 Å². The summed E-state index contributed by atoms with van der Waals surface area (Å²) in [5.74, 6) is -0.882.